The summed E-state index contributed by atoms with van der Waals surface area (Å²) in [6.45, 7) is 13.2. The summed E-state index contributed by atoms with van der Waals surface area (Å²) in [6, 6.07) is 1.14. The molecular formula is C16H24N4S2. The van der Waals surface area contributed by atoms with Crippen LogP contribution < -0.4 is 0 Å². The molecule has 1 aliphatic heterocycles. The molecule has 0 N–H and O–H groups in total. The highest BCUT2D eigenvalue weighted by molar-refractivity contribution is 7.11. The highest BCUT2D eigenvalue weighted by Crippen LogP contribution is 2.23. The van der Waals surface area contributed by atoms with Crippen LogP contribution in [-0.2, 0) is 13.1 Å². The highest BCUT2D eigenvalue weighted by Gasteiger charge is 2.29. The average molecular weight is 337 g/mol. The average Bonchev–Trinajstić information content (AvgIpc) is 3.03. The Morgan fingerprint density at radius 1 is 0.955 bits per heavy atom. The van der Waals surface area contributed by atoms with Gasteiger partial charge in [-0.1, -0.05) is 0 Å². The zero-order valence-electron chi connectivity index (χ0n) is 13.7. The van der Waals surface area contributed by atoms with Crippen molar-refractivity contribution in [2.75, 3.05) is 13.1 Å². The second-order valence-corrected chi connectivity index (χ2v) is 8.89. The third kappa shape index (κ3) is 3.74. The highest BCUT2D eigenvalue weighted by atomic mass is 32.1. The van der Waals surface area contributed by atoms with E-state index in [1.807, 2.05) is 35.1 Å². The summed E-state index contributed by atoms with van der Waals surface area (Å²) in [5.74, 6) is 0. The maximum Gasteiger partial charge on any atom is 0.0897 e. The molecule has 0 amide bonds. The predicted molar refractivity (Wildman–Crippen MR) is 93.4 cm³/mol. The molecule has 2 aromatic rings. The first-order valence-corrected chi connectivity index (χ1v) is 9.45. The van der Waals surface area contributed by atoms with Crippen LogP contribution in [0.2, 0.25) is 0 Å². The summed E-state index contributed by atoms with van der Waals surface area (Å²) in [4.78, 5) is 16.7. The lowest BCUT2D eigenvalue weighted by Crippen LogP contribution is -2.55. The van der Waals surface area contributed by atoms with Gasteiger partial charge in [0.1, 0.15) is 0 Å². The summed E-state index contributed by atoms with van der Waals surface area (Å²) >= 11 is 3.64. The molecule has 1 aliphatic rings. The zero-order chi connectivity index (χ0) is 15.7. The summed E-state index contributed by atoms with van der Waals surface area (Å²) in [7, 11) is 0. The van der Waals surface area contributed by atoms with E-state index in [0.717, 1.165) is 36.2 Å². The third-order valence-electron chi connectivity index (χ3n) is 4.23. The van der Waals surface area contributed by atoms with Gasteiger partial charge in [-0.15, -0.1) is 22.7 Å². The zero-order valence-corrected chi connectivity index (χ0v) is 15.4. The van der Waals surface area contributed by atoms with Crippen LogP contribution in [0.3, 0.4) is 0 Å². The van der Waals surface area contributed by atoms with Gasteiger partial charge in [-0.05, 0) is 27.7 Å². The van der Waals surface area contributed by atoms with Crippen LogP contribution in [0.15, 0.2) is 12.4 Å². The van der Waals surface area contributed by atoms with E-state index in [1.165, 1.54) is 9.75 Å². The van der Waals surface area contributed by atoms with Gasteiger partial charge in [0.2, 0.25) is 0 Å². The molecule has 0 unspecified atom stereocenters. The fourth-order valence-corrected chi connectivity index (χ4v) is 4.91. The van der Waals surface area contributed by atoms with Crippen molar-refractivity contribution in [1.29, 1.82) is 0 Å². The van der Waals surface area contributed by atoms with E-state index in [-0.39, 0.29) is 0 Å². The predicted octanol–water partition coefficient (Wildman–Crippen LogP) is 3.31. The van der Waals surface area contributed by atoms with Crippen molar-refractivity contribution in [3.05, 3.63) is 32.2 Å². The van der Waals surface area contributed by atoms with E-state index >= 15 is 0 Å². The van der Waals surface area contributed by atoms with Gasteiger partial charge in [0.15, 0.2) is 0 Å². The molecule has 0 radical (unpaired) electrons. The van der Waals surface area contributed by atoms with Gasteiger partial charge in [-0.2, -0.15) is 0 Å². The molecule has 2 atom stereocenters. The molecule has 2 aromatic heterocycles. The second kappa shape index (κ2) is 6.74. The van der Waals surface area contributed by atoms with E-state index in [1.54, 1.807) is 0 Å². The molecule has 0 aliphatic carbocycles. The van der Waals surface area contributed by atoms with Crippen LogP contribution >= 0.6 is 22.7 Å². The molecule has 0 bridgehead atoms. The van der Waals surface area contributed by atoms with E-state index in [9.17, 15) is 0 Å². The van der Waals surface area contributed by atoms with Crippen LogP contribution in [0.1, 0.15) is 33.6 Å². The van der Waals surface area contributed by atoms with E-state index < -0.39 is 0 Å². The van der Waals surface area contributed by atoms with E-state index in [4.69, 9.17) is 0 Å². The van der Waals surface area contributed by atoms with E-state index in [2.05, 4.69) is 47.5 Å². The number of hydrogen-bond donors (Lipinski definition) is 0. The van der Waals surface area contributed by atoms with Gasteiger partial charge in [-0.25, -0.2) is 9.97 Å². The second-order valence-electron chi connectivity index (χ2n) is 6.26. The van der Waals surface area contributed by atoms with Crippen molar-refractivity contribution in [3.8, 4) is 0 Å². The van der Waals surface area contributed by atoms with Crippen LogP contribution in [0.4, 0.5) is 0 Å². The molecule has 1 saturated heterocycles. The number of piperazine rings is 1. The Balaban J connectivity index is 1.61. The van der Waals surface area contributed by atoms with Crippen LogP contribution in [0, 0.1) is 13.8 Å². The van der Waals surface area contributed by atoms with Crippen molar-refractivity contribution in [1.82, 2.24) is 19.8 Å². The molecule has 6 heteroatoms. The lowest BCUT2D eigenvalue weighted by Gasteiger charge is -2.44. The monoisotopic (exact) mass is 336 g/mol. The quantitative estimate of drug-likeness (QED) is 0.857. The molecule has 0 saturated carbocycles. The SMILES string of the molecule is Cc1ncc(CN2C[C@@H](C)N(Cc3cnc(C)s3)[C@@H](C)C2)s1. The Labute approximate surface area is 140 Å². The first-order chi connectivity index (χ1) is 10.5. The topological polar surface area (TPSA) is 32.3 Å². The Bertz CT molecular complexity index is 609. The lowest BCUT2D eigenvalue weighted by atomic mass is 10.1. The number of hydrogen-bond acceptors (Lipinski definition) is 6. The van der Waals surface area contributed by atoms with Gasteiger partial charge in [0, 0.05) is 60.4 Å². The van der Waals surface area contributed by atoms with Crippen molar-refractivity contribution >= 4 is 22.7 Å². The Morgan fingerprint density at radius 2 is 1.45 bits per heavy atom. The molecule has 22 heavy (non-hydrogen) atoms. The van der Waals surface area contributed by atoms with Gasteiger partial charge < -0.3 is 0 Å². The van der Waals surface area contributed by atoms with Crippen LogP contribution in [0.5, 0.6) is 0 Å². The minimum atomic E-state index is 0.570. The number of thiazole rings is 2. The van der Waals surface area contributed by atoms with Gasteiger partial charge >= 0.3 is 0 Å². The number of aromatic nitrogens is 2. The summed E-state index contributed by atoms with van der Waals surface area (Å²) in [5.41, 5.74) is 0. The molecule has 1 fully saturated rings. The van der Waals surface area contributed by atoms with E-state index in [0.29, 0.717) is 12.1 Å². The first kappa shape index (κ1) is 16.1. The van der Waals surface area contributed by atoms with Crippen molar-refractivity contribution in [2.24, 2.45) is 0 Å². The van der Waals surface area contributed by atoms with Gasteiger partial charge in [0.25, 0.3) is 0 Å². The molecule has 0 aromatic carbocycles. The minimum absolute atomic E-state index is 0.570. The smallest absolute Gasteiger partial charge is 0.0897 e. The normalized spacial score (nSPS) is 24.0. The maximum atomic E-state index is 4.38. The Hall–Kier alpha value is -0.820. The largest absolute Gasteiger partial charge is 0.295 e. The number of rotatable bonds is 4. The van der Waals surface area contributed by atoms with Crippen LogP contribution in [-0.4, -0.2) is 44.9 Å². The van der Waals surface area contributed by atoms with Crippen molar-refractivity contribution in [3.63, 3.8) is 0 Å². The summed E-state index contributed by atoms with van der Waals surface area (Å²) in [5, 5.41) is 2.32. The van der Waals surface area contributed by atoms with Crippen molar-refractivity contribution < 1.29 is 0 Å². The molecule has 120 valence electrons. The minimum Gasteiger partial charge on any atom is -0.295 e. The first-order valence-electron chi connectivity index (χ1n) is 7.82. The molecule has 3 heterocycles. The lowest BCUT2D eigenvalue weighted by molar-refractivity contribution is 0.0301. The summed E-state index contributed by atoms with van der Waals surface area (Å²) < 4.78 is 0. The maximum absolute atomic E-state index is 4.38. The fourth-order valence-electron chi connectivity index (χ4n) is 3.26. The van der Waals surface area contributed by atoms with Crippen LogP contribution in [0.25, 0.3) is 0 Å². The standard InChI is InChI=1S/C16H24N4S2/c1-11-7-19(9-15-5-17-13(3)21-15)8-12(2)20(11)10-16-6-18-14(4)22-16/h5-6,11-12H,7-10H2,1-4H3/t11-,12+. The Kier molecular flexibility index (Phi) is 4.92. The number of nitrogens with zero attached hydrogens (tertiary/aromatic N) is 4. The number of aryl methyl sites for hydroxylation is 2. The van der Waals surface area contributed by atoms with Gasteiger partial charge in [0.05, 0.1) is 10.0 Å². The molecule has 3 rings (SSSR count). The fraction of sp³-hybridized carbons (Fsp3) is 0.625. The third-order valence-corrected chi connectivity index (χ3v) is 6.03. The van der Waals surface area contributed by atoms with Gasteiger partial charge in [-0.3, -0.25) is 9.80 Å². The summed E-state index contributed by atoms with van der Waals surface area (Å²) in [6.07, 6.45) is 4.06. The molecule has 0 spiro atoms. The molecule has 4 nitrogen and oxygen atoms in total. The Morgan fingerprint density at radius 3 is 1.91 bits per heavy atom. The van der Waals surface area contributed by atoms with Crippen molar-refractivity contribution in [2.45, 2.75) is 52.9 Å². The molecular weight excluding hydrogens is 312 g/mol.